The van der Waals surface area contributed by atoms with Crippen molar-refractivity contribution in [3.05, 3.63) is 76.9 Å². The second kappa shape index (κ2) is 37.5. The number of amides is 12. The molecular formula is C78H110F6N12O14. The number of methoxy groups -OCH3 is 1. The lowest BCUT2D eigenvalue weighted by Gasteiger charge is -2.51. The van der Waals surface area contributed by atoms with Gasteiger partial charge < -0.3 is 69.1 Å². The number of hydrogen-bond acceptors (Lipinski definition) is 14. The topological polar surface area (TPSA) is 280 Å². The van der Waals surface area contributed by atoms with Gasteiger partial charge in [0.2, 0.25) is 70.9 Å². The van der Waals surface area contributed by atoms with Crippen molar-refractivity contribution in [2.45, 2.75) is 222 Å². The molecule has 608 valence electrons. The highest BCUT2D eigenvalue weighted by atomic mass is 19.4. The SMILES string of the molecule is CCC[C@H]1C(=O)N[C@@H]([C@@H](C)CC)C(=O)N(C)CC(=O)N(C)[C@@H]2C/C=C\CCN(C2=O)[C@@H](Cc2ccc(C(F)(F)F)cc2)C(=O)N(C)CC(=O)N[C@@H](CCc2ccc(C(F)(F)F)c(OC)c2)C(=O)N2C[C@H](OCC)C[C@H]2C(=O)N(C)C2(CCC2)C(=O)N(C)[C@@H](C2CCCC2)C(=O)N(C)[C@H](C(=O)N2CCCC2)CC(=O)N1C. The first-order valence-corrected chi connectivity index (χ1v) is 38.4. The van der Waals surface area contributed by atoms with E-state index >= 15 is 33.6 Å². The first-order chi connectivity index (χ1) is 51.9. The molecule has 6 aliphatic rings. The zero-order chi connectivity index (χ0) is 81.0. The fourth-order valence-electron chi connectivity index (χ4n) is 16.2. The molecule has 4 aliphatic heterocycles. The summed E-state index contributed by atoms with van der Waals surface area (Å²) >= 11 is 0. The molecule has 2 saturated carbocycles. The van der Waals surface area contributed by atoms with Crippen LogP contribution in [0.2, 0.25) is 0 Å². The Bertz CT molecular complexity index is 3700. The van der Waals surface area contributed by atoms with Gasteiger partial charge in [-0.2, -0.15) is 26.3 Å². The number of nitrogens with zero attached hydrogens (tertiary/aromatic N) is 10. The van der Waals surface area contributed by atoms with Crippen molar-refractivity contribution >= 4 is 70.9 Å². The van der Waals surface area contributed by atoms with Crippen molar-refractivity contribution in [2.24, 2.45) is 11.8 Å². The van der Waals surface area contributed by atoms with Crippen molar-refractivity contribution < 1.29 is 93.4 Å². The van der Waals surface area contributed by atoms with E-state index in [1.54, 1.807) is 44.7 Å². The Morgan fingerprint density at radius 1 is 0.636 bits per heavy atom. The summed E-state index contributed by atoms with van der Waals surface area (Å²) in [7, 11) is 10.6. The van der Waals surface area contributed by atoms with Crippen LogP contribution >= 0.6 is 0 Å². The second-order valence-electron chi connectivity index (χ2n) is 30.4. The monoisotopic (exact) mass is 1550 g/mol. The van der Waals surface area contributed by atoms with Gasteiger partial charge >= 0.3 is 12.4 Å². The molecule has 32 heteroatoms. The van der Waals surface area contributed by atoms with Gasteiger partial charge in [0.05, 0.1) is 43.9 Å². The van der Waals surface area contributed by atoms with E-state index < -0.39 is 198 Å². The quantitative estimate of drug-likeness (QED) is 0.160. The molecule has 5 fully saturated rings. The Kier molecular flexibility index (Phi) is 29.5. The maximum absolute atomic E-state index is 15.8. The number of halogens is 6. The van der Waals surface area contributed by atoms with Crippen LogP contribution in [0.1, 0.15) is 159 Å². The molecule has 1 spiro atoms. The van der Waals surface area contributed by atoms with Crippen LogP contribution in [0, 0.1) is 11.8 Å². The third-order valence-corrected chi connectivity index (χ3v) is 23.3. The highest BCUT2D eigenvalue weighted by molar-refractivity contribution is 6.01. The van der Waals surface area contributed by atoms with Gasteiger partial charge in [-0.25, -0.2) is 0 Å². The summed E-state index contributed by atoms with van der Waals surface area (Å²) < 4.78 is 95.9. The summed E-state index contributed by atoms with van der Waals surface area (Å²) in [5.74, 6) is -10.5. The zero-order valence-electron chi connectivity index (χ0n) is 65.4. The second-order valence-corrected chi connectivity index (χ2v) is 30.4. The van der Waals surface area contributed by atoms with Crippen LogP contribution in [0.5, 0.6) is 5.75 Å². The van der Waals surface area contributed by atoms with E-state index in [1.807, 2.05) is 0 Å². The molecule has 2 aromatic carbocycles. The zero-order valence-corrected chi connectivity index (χ0v) is 65.4. The van der Waals surface area contributed by atoms with Crippen LogP contribution in [0.25, 0.3) is 0 Å². The van der Waals surface area contributed by atoms with Crippen LogP contribution in [0.15, 0.2) is 54.6 Å². The summed E-state index contributed by atoms with van der Waals surface area (Å²) in [5.41, 5.74) is -3.32. The molecule has 8 rings (SSSR count). The van der Waals surface area contributed by atoms with Crippen LogP contribution in [-0.2, 0) is 87.5 Å². The molecule has 12 amide bonds. The van der Waals surface area contributed by atoms with E-state index in [0.717, 1.165) is 58.2 Å². The maximum Gasteiger partial charge on any atom is 0.419 e. The summed E-state index contributed by atoms with van der Waals surface area (Å²) in [6.07, 6.45) is -3.44. The standard InChI is InChI=1S/C78H110F6N12O14/c1-13-24-56-67(100)86-65(48(4)14-2)73(106)88(6)47-64(99)90(8)57-27-17-16-20-40-95(72(57)105)59(41-49-28-32-52(33-29-49)77(79,80)81)69(102)87(5)46-62(97)85-55(35-31-50-30-34-54(78(82,83)84)61(42-50)109-12)68(101)96-45-53(110-15-3)43-60(96)70(103)93(11)76(36-23-37-76)75(108)92(10)66(51-25-18-19-26-51)74(107)91(9)58(44-63(98)89(56)7)71(104)94-38-21-22-39-94/h16-17,28-30,32-34,42,48,51,53,55-60,65-66H,13-15,18-27,31,35-41,43-47H2,1-12H3,(H,85,97)(H,86,100)/b17-16-/t48-,53+,55-,56-,57+,58-,59-,60-,65-,66-/m0/s1. The molecular weight excluding hydrogens is 1440 g/mol. The lowest BCUT2D eigenvalue weighted by molar-refractivity contribution is -0.166. The number of fused-ring (bicyclic) bond motifs is 3. The number of likely N-dealkylation sites (tertiary alicyclic amines) is 1. The highest BCUT2D eigenvalue weighted by Crippen LogP contribution is 2.43. The number of carbonyl (C=O) groups is 12. The van der Waals surface area contributed by atoms with Gasteiger partial charge in [-0.1, -0.05) is 76.8 Å². The number of ether oxygens (including phenoxy) is 2. The van der Waals surface area contributed by atoms with Crippen molar-refractivity contribution in [3.63, 3.8) is 0 Å². The average molecular weight is 1550 g/mol. The molecule has 26 nitrogen and oxygen atoms in total. The minimum atomic E-state index is -4.82. The molecule has 10 atom stereocenters. The molecule has 3 saturated heterocycles. The van der Waals surface area contributed by atoms with E-state index in [9.17, 15) is 50.3 Å². The largest absolute Gasteiger partial charge is 0.496 e. The molecule has 2 aliphatic carbocycles. The van der Waals surface area contributed by atoms with E-state index in [2.05, 4.69) is 10.6 Å². The third-order valence-electron chi connectivity index (χ3n) is 23.3. The summed E-state index contributed by atoms with van der Waals surface area (Å²) in [6, 6.07) is -4.17. The van der Waals surface area contributed by atoms with Crippen molar-refractivity contribution in [2.75, 3.05) is 102 Å². The molecule has 110 heavy (non-hydrogen) atoms. The number of nitrogens with one attached hydrogen (secondary N) is 2. The highest BCUT2D eigenvalue weighted by Gasteiger charge is 2.57. The molecule has 4 heterocycles. The van der Waals surface area contributed by atoms with Crippen molar-refractivity contribution in [3.8, 4) is 5.75 Å². The lowest BCUT2D eigenvalue weighted by Crippen LogP contribution is -2.68. The molecule has 2 aromatic rings. The number of hydrogen-bond donors (Lipinski definition) is 2. The Hall–Kier alpha value is -8.84. The number of benzene rings is 2. The van der Waals surface area contributed by atoms with Crippen molar-refractivity contribution in [1.82, 2.24) is 59.6 Å². The van der Waals surface area contributed by atoms with Gasteiger partial charge in [-0.15, -0.1) is 0 Å². The molecule has 0 aromatic heterocycles. The van der Waals surface area contributed by atoms with Gasteiger partial charge in [0.25, 0.3) is 0 Å². The predicted molar refractivity (Wildman–Crippen MR) is 392 cm³/mol. The van der Waals surface area contributed by atoms with Crippen LogP contribution in [-0.4, -0.2) is 282 Å². The normalized spacial score (nSPS) is 26.6. The predicted octanol–water partition coefficient (Wildman–Crippen LogP) is 6.10. The first-order valence-electron chi connectivity index (χ1n) is 38.4. The van der Waals surface area contributed by atoms with Gasteiger partial charge in [0.1, 0.15) is 59.6 Å². The number of alkyl halides is 6. The third kappa shape index (κ3) is 19.9. The number of likely N-dealkylation sites (N-methyl/N-ethyl adjacent to an activating group) is 7. The Morgan fingerprint density at radius 2 is 1.28 bits per heavy atom. The van der Waals surface area contributed by atoms with E-state index in [1.165, 1.54) is 84.8 Å². The number of aryl methyl sites for hydroxylation is 1. The summed E-state index contributed by atoms with van der Waals surface area (Å²) in [5, 5.41) is 5.58. The van der Waals surface area contributed by atoms with Crippen LogP contribution in [0.4, 0.5) is 26.3 Å². The van der Waals surface area contributed by atoms with E-state index in [-0.39, 0.29) is 82.2 Å². The van der Waals surface area contributed by atoms with E-state index in [4.69, 9.17) is 9.47 Å². The fourth-order valence-corrected chi connectivity index (χ4v) is 16.2. The number of rotatable bonds is 14. The summed E-state index contributed by atoms with van der Waals surface area (Å²) in [4.78, 5) is 195. The fraction of sp³-hybridized carbons (Fsp3) is 0.667. The Morgan fingerprint density at radius 3 is 1.87 bits per heavy atom. The minimum absolute atomic E-state index is 0.0838. The average Bonchev–Trinajstić information content (AvgIpc) is 1.12. The van der Waals surface area contributed by atoms with Crippen LogP contribution in [0.3, 0.4) is 0 Å². The van der Waals surface area contributed by atoms with Gasteiger partial charge in [-0.3, -0.25) is 57.5 Å². The first kappa shape index (κ1) is 86.7. The Labute approximate surface area is 640 Å². The van der Waals surface area contributed by atoms with E-state index in [0.29, 0.717) is 70.9 Å². The lowest BCUT2D eigenvalue weighted by atomic mass is 9.73. The van der Waals surface area contributed by atoms with Gasteiger partial charge in [0.15, 0.2) is 0 Å². The molecule has 2 N–H and O–H groups in total. The van der Waals surface area contributed by atoms with Crippen LogP contribution < -0.4 is 15.4 Å². The van der Waals surface area contributed by atoms with Gasteiger partial charge in [-0.05, 0) is 131 Å². The van der Waals surface area contributed by atoms with Crippen molar-refractivity contribution in [1.29, 1.82) is 0 Å². The molecule has 0 unspecified atom stereocenters. The smallest absolute Gasteiger partial charge is 0.419 e. The Balaban J connectivity index is 1.23. The molecule has 0 radical (unpaired) electrons. The van der Waals surface area contributed by atoms with Gasteiger partial charge in [0, 0.05) is 95.0 Å². The number of carbonyl (C=O) groups excluding carboxylic acids is 12. The summed E-state index contributed by atoms with van der Waals surface area (Å²) in [6.45, 7) is 5.87. The molecule has 2 bridgehead atoms. The minimum Gasteiger partial charge on any atom is -0.496 e. The maximum atomic E-state index is 15.8.